The zero-order valence-corrected chi connectivity index (χ0v) is 21.6. The van der Waals surface area contributed by atoms with E-state index in [1.165, 1.54) is 71.3 Å². The van der Waals surface area contributed by atoms with Gasteiger partial charge in [-0.15, -0.1) is 0 Å². The van der Waals surface area contributed by atoms with Crippen LogP contribution in [0.5, 0.6) is 0 Å². The Morgan fingerprint density at radius 1 is 1.00 bits per heavy atom. The summed E-state index contributed by atoms with van der Waals surface area (Å²) in [6.45, 7) is 7.59. The molecule has 4 nitrogen and oxygen atoms in total. The molecule has 4 aliphatic rings. The van der Waals surface area contributed by atoms with Crippen molar-refractivity contribution in [1.29, 1.82) is 0 Å². The van der Waals surface area contributed by atoms with Crippen molar-refractivity contribution in [3.63, 3.8) is 0 Å². The van der Waals surface area contributed by atoms with Gasteiger partial charge in [-0.3, -0.25) is 4.79 Å². The number of nitrogens with zero attached hydrogens (tertiary/aromatic N) is 1. The summed E-state index contributed by atoms with van der Waals surface area (Å²) in [5.74, 6) is 4.55. The number of nitrogens with one attached hydrogen (secondary N) is 1. The number of esters is 1. The van der Waals surface area contributed by atoms with Gasteiger partial charge in [0.2, 0.25) is 0 Å². The van der Waals surface area contributed by atoms with Gasteiger partial charge in [-0.05, 0) is 125 Å². The highest BCUT2D eigenvalue weighted by molar-refractivity contribution is 5.68. The molecule has 8 unspecified atom stereocenters. The van der Waals surface area contributed by atoms with E-state index in [1.54, 1.807) is 0 Å². The summed E-state index contributed by atoms with van der Waals surface area (Å²) in [6, 6.07) is 0.740. The average molecular weight is 447 g/mol. The normalized spacial score (nSPS) is 43.4. The molecule has 8 atom stereocenters. The molecule has 0 spiro atoms. The van der Waals surface area contributed by atoms with Crippen LogP contribution in [-0.2, 0) is 9.53 Å². The molecule has 0 heterocycles. The third-order valence-corrected chi connectivity index (χ3v) is 11.0. The van der Waals surface area contributed by atoms with Gasteiger partial charge in [0.1, 0.15) is 0 Å². The van der Waals surface area contributed by atoms with Crippen LogP contribution in [0.25, 0.3) is 0 Å². The lowest BCUT2D eigenvalue weighted by molar-refractivity contribution is -0.141. The summed E-state index contributed by atoms with van der Waals surface area (Å²) in [5.41, 5.74) is 1.10. The summed E-state index contributed by atoms with van der Waals surface area (Å²) in [6.07, 6.45) is 15.7. The smallest absolute Gasteiger partial charge is 0.305 e. The van der Waals surface area contributed by atoms with E-state index >= 15 is 0 Å². The predicted molar refractivity (Wildman–Crippen MR) is 131 cm³/mol. The van der Waals surface area contributed by atoms with Crippen molar-refractivity contribution in [2.24, 2.45) is 40.4 Å². The Hall–Kier alpha value is -0.610. The highest BCUT2D eigenvalue weighted by Gasteiger charge is 2.59. The SMILES string of the molecule is COC(=O)CCCC1CCC2C3CCC4CC(NCCN(C)C)CCC4(C)C3CCC12C. The first kappa shape index (κ1) is 24.5. The molecule has 0 aromatic carbocycles. The van der Waals surface area contributed by atoms with Crippen molar-refractivity contribution in [1.82, 2.24) is 10.2 Å². The monoisotopic (exact) mass is 446 g/mol. The molecular weight excluding hydrogens is 396 g/mol. The van der Waals surface area contributed by atoms with Crippen LogP contribution < -0.4 is 5.32 Å². The van der Waals surface area contributed by atoms with Gasteiger partial charge in [0.25, 0.3) is 0 Å². The molecule has 0 aromatic heterocycles. The second-order valence-electron chi connectivity index (χ2n) is 12.7. The predicted octanol–water partition coefficient (Wildman–Crippen LogP) is 5.51. The Balaban J connectivity index is 1.36. The van der Waals surface area contributed by atoms with Crippen molar-refractivity contribution in [3.05, 3.63) is 0 Å². The molecule has 0 saturated heterocycles. The Kier molecular flexibility index (Phi) is 7.61. The second-order valence-corrected chi connectivity index (χ2v) is 12.7. The second kappa shape index (κ2) is 9.94. The zero-order valence-electron chi connectivity index (χ0n) is 21.6. The molecule has 4 heteroatoms. The lowest BCUT2D eigenvalue weighted by Gasteiger charge is -2.61. The van der Waals surface area contributed by atoms with Gasteiger partial charge in [0.15, 0.2) is 0 Å². The largest absolute Gasteiger partial charge is 0.469 e. The number of rotatable bonds is 8. The molecule has 32 heavy (non-hydrogen) atoms. The van der Waals surface area contributed by atoms with E-state index < -0.39 is 0 Å². The Morgan fingerprint density at radius 3 is 2.50 bits per heavy atom. The Morgan fingerprint density at radius 2 is 1.75 bits per heavy atom. The van der Waals surface area contributed by atoms with Crippen LogP contribution in [0.1, 0.15) is 90.9 Å². The number of carbonyl (C=O) groups is 1. The van der Waals surface area contributed by atoms with Crippen LogP contribution in [0.15, 0.2) is 0 Å². The molecule has 0 bridgehead atoms. The standard InChI is InChI=1S/C28H50N2O2/c1-27-16-14-25-23(24(27)12-10-20(27)7-6-8-26(31)32-5)11-9-21-19-22(13-15-28(21,25)2)29-17-18-30(3)4/h20-25,29H,6-19H2,1-5H3. The number of carbonyl (C=O) groups excluding carboxylic acids is 1. The molecule has 4 fully saturated rings. The van der Waals surface area contributed by atoms with E-state index in [0.29, 0.717) is 17.3 Å². The number of methoxy groups -OCH3 is 1. The van der Waals surface area contributed by atoms with Crippen LogP contribution in [0.3, 0.4) is 0 Å². The molecule has 4 aliphatic carbocycles. The van der Waals surface area contributed by atoms with Crippen molar-refractivity contribution >= 4 is 5.97 Å². The van der Waals surface area contributed by atoms with Crippen molar-refractivity contribution in [3.8, 4) is 0 Å². The van der Waals surface area contributed by atoms with E-state index in [1.807, 2.05) is 0 Å². The van der Waals surface area contributed by atoms with E-state index in [2.05, 4.69) is 38.2 Å². The van der Waals surface area contributed by atoms with Crippen LogP contribution in [0.4, 0.5) is 0 Å². The lowest BCUT2D eigenvalue weighted by atomic mass is 9.44. The third-order valence-electron chi connectivity index (χ3n) is 11.0. The summed E-state index contributed by atoms with van der Waals surface area (Å²) in [5, 5.41) is 3.88. The van der Waals surface area contributed by atoms with E-state index in [-0.39, 0.29) is 5.97 Å². The maximum Gasteiger partial charge on any atom is 0.305 e. The fourth-order valence-electron chi connectivity index (χ4n) is 9.11. The summed E-state index contributed by atoms with van der Waals surface area (Å²) in [4.78, 5) is 13.9. The molecule has 0 amide bonds. The maximum atomic E-state index is 11.6. The van der Waals surface area contributed by atoms with Crippen LogP contribution in [0, 0.1) is 40.4 Å². The number of hydrogen-bond acceptors (Lipinski definition) is 4. The van der Waals surface area contributed by atoms with Gasteiger partial charge < -0.3 is 15.0 Å². The van der Waals surface area contributed by atoms with E-state index in [0.717, 1.165) is 55.1 Å². The Bertz CT molecular complexity index is 651. The van der Waals surface area contributed by atoms with Gasteiger partial charge in [-0.25, -0.2) is 0 Å². The van der Waals surface area contributed by atoms with Crippen LogP contribution in [-0.4, -0.2) is 51.2 Å². The van der Waals surface area contributed by atoms with Gasteiger partial charge in [-0.1, -0.05) is 13.8 Å². The van der Waals surface area contributed by atoms with Gasteiger partial charge >= 0.3 is 5.97 Å². The number of ether oxygens (including phenoxy) is 1. The first-order valence-corrected chi connectivity index (χ1v) is 13.7. The first-order chi connectivity index (χ1) is 15.3. The minimum atomic E-state index is -0.0357. The van der Waals surface area contributed by atoms with Gasteiger partial charge in [-0.2, -0.15) is 0 Å². The highest BCUT2D eigenvalue weighted by atomic mass is 16.5. The van der Waals surface area contributed by atoms with Crippen molar-refractivity contribution < 1.29 is 9.53 Å². The molecular formula is C28H50N2O2. The number of likely N-dealkylation sites (N-methyl/N-ethyl adjacent to an activating group) is 1. The molecule has 4 rings (SSSR count). The Labute approximate surface area is 197 Å². The number of hydrogen-bond donors (Lipinski definition) is 1. The van der Waals surface area contributed by atoms with Crippen LogP contribution in [0.2, 0.25) is 0 Å². The molecule has 1 N–H and O–H groups in total. The summed E-state index contributed by atoms with van der Waals surface area (Å²) in [7, 11) is 5.86. The van der Waals surface area contributed by atoms with Gasteiger partial charge in [0.05, 0.1) is 7.11 Å². The van der Waals surface area contributed by atoms with E-state index in [4.69, 9.17) is 4.74 Å². The van der Waals surface area contributed by atoms with E-state index in [9.17, 15) is 4.79 Å². The van der Waals surface area contributed by atoms with Crippen molar-refractivity contribution in [2.75, 3.05) is 34.3 Å². The maximum absolute atomic E-state index is 11.6. The van der Waals surface area contributed by atoms with Crippen LogP contribution >= 0.6 is 0 Å². The lowest BCUT2D eigenvalue weighted by Crippen LogP contribution is -2.55. The van der Waals surface area contributed by atoms with Gasteiger partial charge in [0, 0.05) is 25.6 Å². The zero-order chi connectivity index (χ0) is 22.9. The minimum Gasteiger partial charge on any atom is -0.469 e. The molecule has 184 valence electrons. The summed E-state index contributed by atoms with van der Waals surface area (Å²) >= 11 is 0. The molecule has 0 radical (unpaired) electrons. The molecule has 4 saturated carbocycles. The highest BCUT2D eigenvalue weighted by Crippen LogP contribution is 2.67. The molecule has 0 aliphatic heterocycles. The number of fused-ring (bicyclic) bond motifs is 5. The summed E-state index contributed by atoms with van der Waals surface area (Å²) < 4.78 is 4.87. The quantitative estimate of drug-likeness (QED) is 0.499. The minimum absolute atomic E-state index is 0.0357. The third kappa shape index (κ3) is 4.65. The fraction of sp³-hybridized carbons (Fsp3) is 0.964. The average Bonchev–Trinajstić information content (AvgIpc) is 3.10. The molecule has 0 aromatic rings. The topological polar surface area (TPSA) is 41.6 Å². The first-order valence-electron chi connectivity index (χ1n) is 13.7. The fourth-order valence-corrected chi connectivity index (χ4v) is 9.11. The van der Waals surface area contributed by atoms with Crippen molar-refractivity contribution in [2.45, 2.75) is 96.9 Å².